The Balaban J connectivity index is 0.900. The van der Waals surface area contributed by atoms with E-state index in [0.717, 1.165) is 82.8 Å². The number of para-hydroxylation sites is 2. The molecule has 0 fully saturated rings. The third-order valence-electron chi connectivity index (χ3n) is 15.2. The number of fused-ring (bicyclic) bond motifs is 13. The average molecular weight is 922 g/mol. The number of aromatic nitrogens is 5. The van der Waals surface area contributed by atoms with Gasteiger partial charge >= 0.3 is 0 Å². The van der Waals surface area contributed by atoms with Gasteiger partial charge in [-0.1, -0.05) is 172 Å². The minimum atomic E-state index is -0.176. The molecule has 0 unspecified atom stereocenters. The summed E-state index contributed by atoms with van der Waals surface area (Å²) < 4.78 is 11.3. The van der Waals surface area contributed by atoms with Crippen molar-refractivity contribution in [3.8, 4) is 67.8 Å². The third kappa shape index (κ3) is 5.93. The molecule has 0 bridgehead atoms. The molecule has 338 valence electrons. The summed E-state index contributed by atoms with van der Waals surface area (Å²) in [4.78, 5) is 15.3. The highest BCUT2D eigenvalue weighted by molar-refractivity contribution is 6.17. The van der Waals surface area contributed by atoms with Gasteiger partial charge in [-0.2, -0.15) is 9.97 Å². The monoisotopic (exact) mass is 921 g/mol. The van der Waals surface area contributed by atoms with Crippen LogP contribution in [0.2, 0.25) is 0 Å². The molecule has 6 heteroatoms. The van der Waals surface area contributed by atoms with E-state index in [1.807, 2.05) is 60.7 Å². The summed E-state index contributed by atoms with van der Waals surface area (Å²) in [5.41, 5.74) is 18.9. The van der Waals surface area contributed by atoms with Gasteiger partial charge in [0.15, 0.2) is 11.6 Å². The van der Waals surface area contributed by atoms with E-state index in [1.165, 1.54) is 44.1 Å². The Bertz CT molecular complexity index is 4470. The maximum Gasteiger partial charge on any atom is 0.238 e. The van der Waals surface area contributed by atoms with E-state index < -0.39 is 0 Å². The van der Waals surface area contributed by atoms with Gasteiger partial charge < -0.3 is 8.98 Å². The molecule has 72 heavy (non-hydrogen) atoms. The van der Waals surface area contributed by atoms with Crippen molar-refractivity contribution in [1.29, 1.82) is 0 Å². The van der Waals surface area contributed by atoms with Crippen molar-refractivity contribution in [2.75, 3.05) is 0 Å². The molecule has 6 nitrogen and oxygen atoms in total. The van der Waals surface area contributed by atoms with Crippen LogP contribution in [0.1, 0.15) is 25.0 Å². The molecule has 0 saturated heterocycles. The molecule has 0 atom stereocenters. The van der Waals surface area contributed by atoms with Crippen LogP contribution in [-0.4, -0.2) is 24.1 Å². The SMILES string of the molecule is CC1(C)c2ccccc2-c2ccc3c(c21)c1cc(-c2ccc4oc5cccc(-c6ccc7c(c6)c6ccccc6n7-c6nc(-c7ccccc7)nc(-c7ccccc7)n6)c5c4c2)ccc1n3-c1ccccc1. The van der Waals surface area contributed by atoms with Crippen molar-refractivity contribution in [2.24, 2.45) is 0 Å². The molecule has 0 aliphatic heterocycles. The van der Waals surface area contributed by atoms with E-state index in [0.29, 0.717) is 17.6 Å². The van der Waals surface area contributed by atoms with Crippen LogP contribution in [0.15, 0.2) is 229 Å². The van der Waals surface area contributed by atoms with E-state index in [1.54, 1.807) is 0 Å². The van der Waals surface area contributed by atoms with Crippen LogP contribution in [0.25, 0.3) is 133 Å². The van der Waals surface area contributed by atoms with Crippen molar-refractivity contribution < 1.29 is 4.42 Å². The van der Waals surface area contributed by atoms with Gasteiger partial charge in [0.25, 0.3) is 0 Å². The fourth-order valence-electron chi connectivity index (χ4n) is 11.9. The number of furan rings is 1. The maximum atomic E-state index is 6.67. The van der Waals surface area contributed by atoms with Crippen molar-refractivity contribution >= 4 is 65.6 Å². The first kappa shape index (κ1) is 40.5. The van der Waals surface area contributed by atoms with Crippen LogP contribution in [-0.2, 0) is 5.41 Å². The summed E-state index contributed by atoms with van der Waals surface area (Å²) in [6.45, 7) is 4.77. The van der Waals surface area contributed by atoms with Crippen LogP contribution in [0.3, 0.4) is 0 Å². The van der Waals surface area contributed by atoms with Crippen molar-refractivity contribution in [3.05, 3.63) is 236 Å². The van der Waals surface area contributed by atoms with Crippen molar-refractivity contribution in [2.45, 2.75) is 19.3 Å². The number of hydrogen-bond donors (Lipinski definition) is 0. The molecule has 0 spiro atoms. The van der Waals surface area contributed by atoms with Gasteiger partial charge in [0.05, 0.1) is 22.1 Å². The van der Waals surface area contributed by atoms with Crippen LogP contribution in [0.5, 0.6) is 0 Å². The third-order valence-corrected chi connectivity index (χ3v) is 15.2. The zero-order valence-corrected chi connectivity index (χ0v) is 39.5. The predicted molar refractivity (Wildman–Crippen MR) is 295 cm³/mol. The molecule has 4 heterocycles. The van der Waals surface area contributed by atoms with Gasteiger partial charge in [0.1, 0.15) is 11.2 Å². The van der Waals surface area contributed by atoms with E-state index in [-0.39, 0.29) is 5.41 Å². The Morgan fingerprint density at radius 1 is 0.361 bits per heavy atom. The normalized spacial score (nSPS) is 13.0. The molecule has 0 saturated carbocycles. The number of rotatable bonds is 6. The molecule has 4 aromatic heterocycles. The topological polar surface area (TPSA) is 61.7 Å². The van der Waals surface area contributed by atoms with E-state index in [4.69, 9.17) is 19.4 Å². The summed E-state index contributed by atoms with van der Waals surface area (Å²) >= 11 is 0. The molecule has 1 aliphatic carbocycles. The Hall–Kier alpha value is -9.39. The fourth-order valence-corrected chi connectivity index (χ4v) is 11.9. The van der Waals surface area contributed by atoms with Crippen LogP contribution < -0.4 is 0 Å². The molecule has 14 aromatic rings. The second kappa shape index (κ2) is 15.3. The first-order chi connectivity index (χ1) is 35.5. The van der Waals surface area contributed by atoms with E-state index in [9.17, 15) is 0 Å². The lowest BCUT2D eigenvalue weighted by Crippen LogP contribution is -2.15. The molecular formula is C66H43N5O. The molecule has 0 radical (unpaired) electrons. The molecule has 10 aromatic carbocycles. The zero-order valence-electron chi connectivity index (χ0n) is 39.5. The summed E-state index contributed by atoms with van der Waals surface area (Å²) in [6.07, 6.45) is 0. The number of nitrogens with zero attached hydrogens (tertiary/aromatic N) is 5. The van der Waals surface area contributed by atoms with Gasteiger partial charge in [0.2, 0.25) is 5.95 Å². The minimum absolute atomic E-state index is 0.176. The van der Waals surface area contributed by atoms with Gasteiger partial charge in [-0.05, 0) is 111 Å². The summed E-state index contributed by atoms with van der Waals surface area (Å²) in [5.74, 6) is 1.81. The largest absolute Gasteiger partial charge is 0.456 e. The summed E-state index contributed by atoms with van der Waals surface area (Å²) in [5, 5.41) is 6.96. The van der Waals surface area contributed by atoms with Crippen LogP contribution in [0, 0.1) is 0 Å². The second-order valence-electron chi connectivity index (χ2n) is 19.5. The van der Waals surface area contributed by atoms with Crippen LogP contribution in [0.4, 0.5) is 0 Å². The Labute approximate surface area is 414 Å². The van der Waals surface area contributed by atoms with Crippen molar-refractivity contribution in [3.63, 3.8) is 0 Å². The smallest absolute Gasteiger partial charge is 0.238 e. The van der Waals surface area contributed by atoms with Gasteiger partial charge in [-0.15, -0.1) is 0 Å². The molecule has 1 aliphatic rings. The first-order valence-electron chi connectivity index (χ1n) is 24.6. The minimum Gasteiger partial charge on any atom is -0.456 e. The highest BCUT2D eigenvalue weighted by Crippen LogP contribution is 2.53. The Morgan fingerprint density at radius 3 is 1.71 bits per heavy atom. The summed E-state index contributed by atoms with van der Waals surface area (Å²) in [6, 6.07) is 80.0. The molecule has 15 rings (SSSR count). The van der Waals surface area contributed by atoms with E-state index in [2.05, 4.69) is 187 Å². The highest BCUT2D eigenvalue weighted by atomic mass is 16.3. The number of hydrogen-bond acceptors (Lipinski definition) is 4. The van der Waals surface area contributed by atoms with E-state index >= 15 is 0 Å². The average Bonchev–Trinajstić information content (AvgIpc) is 4.16. The van der Waals surface area contributed by atoms with Gasteiger partial charge in [0, 0.05) is 54.5 Å². The zero-order chi connectivity index (χ0) is 47.7. The lowest BCUT2D eigenvalue weighted by molar-refractivity contribution is 0.666. The van der Waals surface area contributed by atoms with Crippen LogP contribution >= 0.6 is 0 Å². The molecular weight excluding hydrogens is 879 g/mol. The maximum absolute atomic E-state index is 6.67. The predicted octanol–water partition coefficient (Wildman–Crippen LogP) is 16.9. The van der Waals surface area contributed by atoms with Gasteiger partial charge in [-0.3, -0.25) is 4.57 Å². The first-order valence-corrected chi connectivity index (χ1v) is 24.6. The fraction of sp³-hybridized carbons (Fsp3) is 0.0455. The lowest BCUT2D eigenvalue weighted by Gasteiger charge is -2.22. The highest BCUT2D eigenvalue weighted by Gasteiger charge is 2.38. The van der Waals surface area contributed by atoms with Crippen molar-refractivity contribution in [1.82, 2.24) is 24.1 Å². The molecule has 0 N–H and O–H groups in total. The Kier molecular flexibility index (Phi) is 8.61. The summed E-state index contributed by atoms with van der Waals surface area (Å²) in [7, 11) is 0. The lowest BCUT2D eigenvalue weighted by atomic mass is 9.80. The quantitative estimate of drug-likeness (QED) is 0.167. The standard InChI is InChI=1S/C66H43N5O/c1-66(2)53-26-14-12-23-47(53)49-32-35-57-61(62(49)66)51-37-42(29-33-56(51)70(57)45-21-10-5-11-22-45)43-31-36-58-52(38-43)60-46(25-16-28-59(60)72-58)44-30-34-55-50(39-44)48-24-13-15-27-54(48)71(55)65-68-63(40-17-6-3-7-18-40)67-64(69-65)41-19-8-4-9-20-41/h3-39H,1-2H3. The second-order valence-corrected chi connectivity index (χ2v) is 19.5. The number of benzene rings is 10. The Morgan fingerprint density at radius 2 is 0.944 bits per heavy atom. The van der Waals surface area contributed by atoms with Gasteiger partial charge in [-0.25, -0.2) is 4.98 Å². The molecule has 0 amide bonds.